The molecule has 0 aliphatic heterocycles. The number of nitrogens with zero attached hydrogens (tertiary/aromatic N) is 1. The van der Waals surface area contributed by atoms with Gasteiger partial charge in [0.2, 0.25) is 0 Å². The number of carboxylic acids is 1. The van der Waals surface area contributed by atoms with Gasteiger partial charge in [0.15, 0.2) is 0 Å². The van der Waals surface area contributed by atoms with Crippen molar-refractivity contribution in [2.24, 2.45) is 5.73 Å². The van der Waals surface area contributed by atoms with Crippen LogP contribution in [0.1, 0.15) is 71.1 Å². The average molecular weight is 309 g/mol. The van der Waals surface area contributed by atoms with Crippen LogP contribution in [0.2, 0.25) is 0 Å². The fraction of sp³-hybridized carbons (Fsp3) is 0.938. The summed E-state index contributed by atoms with van der Waals surface area (Å²) < 4.78 is 0. The number of hydrogen-bond acceptors (Lipinski definition) is 3. The van der Waals surface area contributed by atoms with Crippen LogP contribution in [0.15, 0.2) is 0 Å². The third kappa shape index (κ3) is 18.3. The summed E-state index contributed by atoms with van der Waals surface area (Å²) in [6.45, 7) is 4.45. The quantitative estimate of drug-likeness (QED) is 0.360. The Balaban J connectivity index is 0. The Labute approximate surface area is 153 Å². The van der Waals surface area contributed by atoms with Gasteiger partial charge in [-0.1, -0.05) is 64.7 Å². The molecule has 0 unspecified atom stereocenters. The number of unbranched alkanes of at least 4 members (excludes halogenated alkanes) is 9. The molecule has 0 saturated carbocycles. The minimum atomic E-state index is -0.759. The molecule has 0 saturated heterocycles. The fourth-order valence-corrected chi connectivity index (χ4v) is 2.47. The molecule has 5 heteroatoms. The summed E-state index contributed by atoms with van der Waals surface area (Å²) in [7, 11) is 0. The van der Waals surface area contributed by atoms with Crippen LogP contribution in [-0.2, 0) is 4.79 Å². The summed E-state index contributed by atoms with van der Waals surface area (Å²) in [5, 5.41) is 8.79. The molecule has 0 aromatic heterocycles. The Hall–Kier alpha value is 0.390. The molecule has 21 heavy (non-hydrogen) atoms. The fourth-order valence-electron chi connectivity index (χ4n) is 2.47. The zero-order valence-corrected chi connectivity index (χ0v) is 16.3. The van der Waals surface area contributed by atoms with Crippen LogP contribution in [0.4, 0.5) is 0 Å². The van der Waals surface area contributed by atoms with E-state index in [1.54, 1.807) is 0 Å². The van der Waals surface area contributed by atoms with E-state index < -0.39 is 5.97 Å². The van der Waals surface area contributed by atoms with E-state index in [9.17, 15) is 4.79 Å². The molecule has 121 valence electrons. The molecule has 0 aromatic rings. The maximum absolute atomic E-state index is 10.7. The third-order valence-electron chi connectivity index (χ3n) is 3.63. The van der Waals surface area contributed by atoms with Gasteiger partial charge in [0.1, 0.15) is 0 Å². The second-order valence-electron chi connectivity index (χ2n) is 5.64. The summed E-state index contributed by atoms with van der Waals surface area (Å²) in [6, 6.07) is 0. The van der Waals surface area contributed by atoms with Crippen molar-refractivity contribution < 1.29 is 9.90 Å². The van der Waals surface area contributed by atoms with Gasteiger partial charge in [-0.3, -0.25) is 9.69 Å². The van der Waals surface area contributed by atoms with Gasteiger partial charge in [0.05, 0.1) is 6.54 Å². The molecule has 0 fully saturated rings. The number of carboxylic acid groups (broad SMARTS) is 1. The first-order chi connectivity index (χ1) is 9.70. The van der Waals surface area contributed by atoms with Crippen LogP contribution in [-0.4, -0.2) is 71.7 Å². The Morgan fingerprint density at radius 2 is 1.38 bits per heavy atom. The molecule has 0 rings (SSSR count). The summed E-state index contributed by atoms with van der Waals surface area (Å²) in [5.41, 5.74) is 5.49. The van der Waals surface area contributed by atoms with Crippen LogP contribution in [0.5, 0.6) is 0 Å². The van der Waals surface area contributed by atoms with Crippen molar-refractivity contribution in [3.8, 4) is 0 Å². The van der Waals surface area contributed by atoms with E-state index >= 15 is 0 Å². The van der Waals surface area contributed by atoms with Gasteiger partial charge in [-0.2, -0.15) is 0 Å². The summed E-state index contributed by atoms with van der Waals surface area (Å²) >= 11 is 0. The Bertz CT molecular complexity index is 228. The zero-order valence-electron chi connectivity index (χ0n) is 14.3. The van der Waals surface area contributed by atoms with Gasteiger partial charge in [0, 0.05) is 42.6 Å². The molecule has 1 radical (unpaired) electrons. The second kappa shape index (κ2) is 18.4. The van der Waals surface area contributed by atoms with E-state index in [0.717, 1.165) is 13.0 Å². The molecule has 0 aliphatic carbocycles. The van der Waals surface area contributed by atoms with Gasteiger partial charge in [-0.25, -0.2) is 0 Å². The first-order valence-corrected chi connectivity index (χ1v) is 8.35. The molecule has 0 heterocycles. The Kier molecular flexibility index (Phi) is 20.8. The monoisotopic (exact) mass is 309 g/mol. The summed E-state index contributed by atoms with van der Waals surface area (Å²) in [4.78, 5) is 12.6. The van der Waals surface area contributed by atoms with Crippen LogP contribution in [0, 0.1) is 0 Å². The first-order valence-electron chi connectivity index (χ1n) is 8.35. The van der Waals surface area contributed by atoms with Crippen LogP contribution >= 0.6 is 0 Å². The first kappa shape index (κ1) is 23.7. The molecule has 3 N–H and O–H groups in total. The molecule has 4 nitrogen and oxygen atoms in total. The third-order valence-corrected chi connectivity index (χ3v) is 3.63. The number of aliphatic carboxylic acids is 1. The second-order valence-corrected chi connectivity index (χ2v) is 5.64. The van der Waals surface area contributed by atoms with Crippen molar-refractivity contribution >= 4 is 35.5 Å². The maximum atomic E-state index is 10.7. The van der Waals surface area contributed by atoms with E-state index in [1.807, 2.05) is 4.90 Å². The van der Waals surface area contributed by atoms with Gasteiger partial charge in [-0.15, -0.1) is 0 Å². The van der Waals surface area contributed by atoms with Crippen molar-refractivity contribution in [2.45, 2.75) is 71.1 Å². The van der Waals surface area contributed by atoms with Crippen molar-refractivity contribution in [1.82, 2.24) is 4.90 Å². The predicted molar refractivity (Wildman–Crippen MR) is 90.7 cm³/mol. The van der Waals surface area contributed by atoms with Crippen molar-refractivity contribution in [2.75, 3.05) is 26.2 Å². The zero-order chi connectivity index (χ0) is 15.1. The van der Waals surface area contributed by atoms with Crippen molar-refractivity contribution in [3.05, 3.63) is 0 Å². The van der Waals surface area contributed by atoms with Crippen LogP contribution in [0.25, 0.3) is 0 Å². The largest absolute Gasteiger partial charge is 0.480 e. The van der Waals surface area contributed by atoms with Crippen molar-refractivity contribution in [1.29, 1.82) is 0 Å². The standard InChI is InChI=1S/C16H34N2O2.Na/c1-2-3-4-5-6-7-8-9-10-11-13-18(14-12-17)15-16(19)20;/h2-15,17H2,1H3,(H,19,20);. The van der Waals surface area contributed by atoms with Crippen LogP contribution in [0.3, 0.4) is 0 Å². The van der Waals surface area contributed by atoms with Gasteiger partial charge in [-0.05, 0) is 13.0 Å². The summed E-state index contributed by atoms with van der Waals surface area (Å²) in [5.74, 6) is -0.759. The molecule has 0 bridgehead atoms. The molecular weight excluding hydrogens is 275 g/mol. The normalized spacial score (nSPS) is 10.6. The van der Waals surface area contributed by atoms with Crippen molar-refractivity contribution in [3.63, 3.8) is 0 Å². The maximum Gasteiger partial charge on any atom is 0.317 e. The SMILES string of the molecule is CCCCCCCCCCCCN(CCN)CC(=O)O.[Na]. The van der Waals surface area contributed by atoms with Crippen LogP contribution < -0.4 is 5.73 Å². The average Bonchev–Trinajstić information content (AvgIpc) is 2.40. The topological polar surface area (TPSA) is 66.6 Å². The molecule has 0 aromatic carbocycles. The number of nitrogens with two attached hydrogens (primary N) is 1. The molecule has 0 spiro atoms. The number of carbonyl (C=O) groups is 1. The number of hydrogen-bond donors (Lipinski definition) is 2. The number of rotatable bonds is 15. The van der Waals surface area contributed by atoms with E-state index in [4.69, 9.17) is 10.8 Å². The molecule has 0 amide bonds. The minimum Gasteiger partial charge on any atom is -0.480 e. The van der Waals surface area contributed by atoms with Gasteiger partial charge >= 0.3 is 5.97 Å². The summed E-state index contributed by atoms with van der Waals surface area (Å²) in [6.07, 6.45) is 13.1. The van der Waals surface area contributed by atoms with E-state index in [1.165, 1.54) is 57.8 Å². The van der Waals surface area contributed by atoms with Gasteiger partial charge in [0.25, 0.3) is 0 Å². The van der Waals surface area contributed by atoms with E-state index in [0.29, 0.717) is 13.1 Å². The predicted octanol–water partition coefficient (Wildman–Crippen LogP) is 2.87. The molecule has 0 aliphatic rings. The van der Waals surface area contributed by atoms with E-state index in [-0.39, 0.29) is 36.1 Å². The molecule has 0 atom stereocenters. The molecular formula is C16H34N2NaO2. The Morgan fingerprint density at radius 3 is 1.81 bits per heavy atom. The Morgan fingerprint density at radius 1 is 0.905 bits per heavy atom. The smallest absolute Gasteiger partial charge is 0.317 e. The van der Waals surface area contributed by atoms with Gasteiger partial charge < -0.3 is 10.8 Å². The van der Waals surface area contributed by atoms with E-state index in [2.05, 4.69) is 6.92 Å². The minimum absolute atomic E-state index is 0.